The molecule has 2 rings (SSSR count). The van der Waals surface area contributed by atoms with Gasteiger partial charge < -0.3 is 10.5 Å². The highest BCUT2D eigenvalue weighted by Gasteiger charge is 2.10. The summed E-state index contributed by atoms with van der Waals surface area (Å²) in [4.78, 5) is 0. The molecule has 0 heterocycles. The Hall–Kier alpha value is -1.51. The van der Waals surface area contributed by atoms with Gasteiger partial charge in [0.1, 0.15) is 11.5 Å². The molecular weight excluding hydrogens is 246 g/mol. The fourth-order valence-electron chi connectivity index (χ4n) is 1.83. The molecule has 94 valence electrons. The highest BCUT2D eigenvalue weighted by Crippen LogP contribution is 2.34. The summed E-state index contributed by atoms with van der Waals surface area (Å²) in [5.74, 6) is 1.49. The van der Waals surface area contributed by atoms with Gasteiger partial charge in [-0.05, 0) is 24.1 Å². The quantitative estimate of drug-likeness (QED) is 0.897. The van der Waals surface area contributed by atoms with Gasteiger partial charge in [0.25, 0.3) is 0 Å². The van der Waals surface area contributed by atoms with Crippen molar-refractivity contribution in [2.45, 2.75) is 19.9 Å². The molecule has 0 aromatic heterocycles. The normalized spacial score (nSPS) is 10.4. The van der Waals surface area contributed by atoms with Crippen LogP contribution in [0.25, 0.3) is 0 Å². The van der Waals surface area contributed by atoms with Crippen molar-refractivity contribution >= 4 is 11.6 Å². The van der Waals surface area contributed by atoms with Gasteiger partial charge in [-0.1, -0.05) is 48.9 Å². The van der Waals surface area contributed by atoms with Gasteiger partial charge in [0, 0.05) is 12.1 Å². The van der Waals surface area contributed by atoms with Crippen molar-refractivity contribution in [3.63, 3.8) is 0 Å². The maximum atomic E-state index is 6.17. The molecule has 18 heavy (non-hydrogen) atoms. The van der Waals surface area contributed by atoms with Gasteiger partial charge in [-0.25, -0.2) is 0 Å². The average molecular weight is 262 g/mol. The lowest BCUT2D eigenvalue weighted by molar-refractivity contribution is 0.471. The molecule has 2 aromatic carbocycles. The van der Waals surface area contributed by atoms with Gasteiger partial charge in [-0.3, -0.25) is 0 Å². The molecule has 2 aromatic rings. The molecule has 2 nitrogen and oxygen atoms in total. The predicted molar refractivity (Wildman–Crippen MR) is 75.2 cm³/mol. The molecule has 0 spiro atoms. The molecule has 0 saturated carbocycles. The number of hydrogen-bond acceptors (Lipinski definition) is 2. The summed E-state index contributed by atoms with van der Waals surface area (Å²) in [7, 11) is 0. The summed E-state index contributed by atoms with van der Waals surface area (Å²) in [5.41, 5.74) is 7.77. The van der Waals surface area contributed by atoms with Crippen LogP contribution in [-0.2, 0) is 13.0 Å². The highest BCUT2D eigenvalue weighted by atomic mass is 35.5. The number of para-hydroxylation sites is 2. The molecule has 0 bridgehead atoms. The van der Waals surface area contributed by atoms with Crippen LogP contribution in [0.2, 0.25) is 5.02 Å². The Kier molecular flexibility index (Phi) is 4.24. The predicted octanol–water partition coefficient (Wildman–Crippen LogP) is 4.15. The van der Waals surface area contributed by atoms with Crippen LogP contribution >= 0.6 is 11.6 Å². The number of nitrogens with two attached hydrogens (primary N) is 1. The van der Waals surface area contributed by atoms with Crippen LogP contribution in [0.1, 0.15) is 18.1 Å². The van der Waals surface area contributed by atoms with E-state index in [0.29, 0.717) is 17.3 Å². The molecule has 0 radical (unpaired) electrons. The van der Waals surface area contributed by atoms with Crippen molar-refractivity contribution in [1.82, 2.24) is 0 Å². The third-order valence-electron chi connectivity index (χ3n) is 2.83. The van der Waals surface area contributed by atoms with Crippen LogP contribution in [0, 0.1) is 0 Å². The number of hydrogen-bond donors (Lipinski definition) is 1. The fourth-order valence-corrected chi connectivity index (χ4v) is 2.07. The van der Waals surface area contributed by atoms with E-state index in [0.717, 1.165) is 23.3 Å². The van der Waals surface area contributed by atoms with Gasteiger partial charge in [0.15, 0.2) is 0 Å². The Labute approximate surface area is 112 Å². The third kappa shape index (κ3) is 2.66. The second kappa shape index (κ2) is 5.89. The van der Waals surface area contributed by atoms with Crippen LogP contribution in [-0.4, -0.2) is 0 Å². The lowest BCUT2D eigenvalue weighted by atomic mass is 10.1. The first kappa shape index (κ1) is 12.9. The van der Waals surface area contributed by atoms with E-state index in [1.165, 1.54) is 0 Å². The number of aryl methyl sites for hydroxylation is 1. The van der Waals surface area contributed by atoms with Crippen molar-refractivity contribution in [3.8, 4) is 11.5 Å². The van der Waals surface area contributed by atoms with Crippen molar-refractivity contribution in [3.05, 3.63) is 58.6 Å². The molecule has 0 unspecified atom stereocenters. The van der Waals surface area contributed by atoms with Gasteiger partial charge in [0.05, 0.1) is 5.02 Å². The minimum absolute atomic E-state index is 0.407. The molecule has 3 heteroatoms. The van der Waals surface area contributed by atoms with Crippen LogP contribution in [0.15, 0.2) is 42.5 Å². The maximum absolute atomic E-state index is 6.17. The van der Waals surface area contributed by atoms with Crippen LogP contribution in [0.3, 0.4) is 0 Å². The second-order valence-electron chi connectivity index (χ2n) is 4.00. The molecular formula is C15H16ClNO. The van der Waals surface area contributed by atoms with Gasteiger partial charge in [0.2, 0.25) is 0 Å². The fraction of sp³-hybridized carbons (Fsp3) is 0.200. The largest absolute Gasteiger partial charge is 0.455 e. The Balaban J connectivity index is 2.39. The van der Waals surface area contributed by atoms with E-state index in [1.807, 2.05) is 42.5 Å². The maximum Gasteiger partial charge on any atom is 0.150 e. The van der Waals surface area contributed by atoms with Crippen molar-refractivity contribution in [2.24, 2.45) is 5.73 Å². The average Bonchev–Trinajstić information content (AvgIpc) is 2.41. The molecule has 2 N–H and O–H groups in total. The number of rotatable bonds is 4. The van der Waals surface area contributed by atoms with E-state index in [2.05, 4.69) is 6.92 Å². The molecule has 0 fully saturated rings. The summed E-state index contributed by atoms with van der Waals surface area (Å²) in [6.07, 6.45) is 0.915. The number of benzene rings is 2. The molecule has 0 aliphatic carbocycles. The van der Waals surface area contributed by atoms with Crippen molar-refractivity contribution in [1.29, 1.82) is 0 Å². The van der Waals surface area contributed by atoms with Gasteiger partial charge in [-0.15, -0.1) is 0 Å². The lowest BCUT2D eigenvalue weighted by Crippen LogP contribution is -2.00. The van der Waals surface area contributed by atoms with E-state index in [-0.39, 0.29) is 0 Å². The first-order valence-corrected chi connectivity index (χ1v) is 6.37. The van der Waals surface area contributed by atoms with Crippen LogP contribution < -0.4 is 10.5 Å². The van der Waals surface area contributed by atoms with Gasteiger partial charge >= 0.3 is 0 Å². The molecule has 0 saturated heterocycles. The summed E-state index contributed by atoms with van der Waals surface area (Å²) >= 11 is 6.17. The first-order chi connectivity index (χ1) is 8.76. The number of ether oxygens (including phenoxy) is 1. The van der Waals surface area contributed by atoms with E-state index in [1.54, 1.807) is 0 Å². The van der Waals surface area contributed by atoms with E-state index in [9.17, 15) is 0 Å². The third-order valence-corrected chi connectivity index (χ3v) is 3.13. The van der Waals surface area contributed by atoms with Crippen LogP contribution in [0.5, 0.6) is 11.5 Å². The Bertz CT molecular complexity index is 540. The van der Waals surface area contributed by atoms with E-state index >= 15 is 0 Å². The van der Waals surface area contributed by atoms with E-state index in [4.69, 9.17) is 22.1 Å². The van der Waals surface area contributed by atoms with Crippen molar-refractivity contribution < 1.29 is 4.74 Å². The zero-order valence-corrected chi connectivity index (χ0v) is 11.1. The lowest BCUT2D eigenvalue weighted by Gasteiger charge is -2.14. The topological polar surface area (TPSA) is 35.2 Å². The molecule has 0 aliphatic heterocycles. The summed E-state index contributed by atoms with van der Waals surface area (Å²) in [5, 5.41) is 0.587. The van der Waals surface area contributed by atoms with Crippen LogP contribution in [0.4, 0.5) is 0 Å². The summed E-state index contributed by atoms with van der Waals surface area (Å²) < 4.78 is 5.94. The van der Waals surface area contributed by atoms with Crippen molar-refractivity contribution in [2.75, 3.05) is 0 Å². The smallest absolute Gasteiger partial charge is 0.150 e. The summed E-state index contributed by atoms with van der Waals surface area (Å²) in [6.45, 7) is 2.50. The highest BCUT2D eigenvalue weighted by molar-refractivity contribution is 6.32. The summed E-state index contributed by atoms with van der Waals surface area (Å²) in [6, 6.07) is 13.6. The molecule has 0 atom stereocenters. The zero-order valence-electron chi connectivity index (χ0n) is 10.3. The Morgan fingerprint density at radius 2 is 1.78 bits per heavy atom. The Morgan fingerprint density at radius 1 is 1.06 bits per heavy atom. The number of halogens is 1. The molecule has 0 aliphatic rings. The second-order valence-corrected chi connectivity index (χ2v) is 4.40. The zero-order chi connectivity index (χ0) is 13.0. The molecule has 0 amide bonds. The Morgan fingerprint density at radius 3 is 2.50 bits per heavy atom. The standard InChI is InChI=1S/C15H16ClNO/c1-2-11-6-3-4-9-14(11)18-15-12(10-17)7-5-8-13(15)16/h3-9H,2,10,17H2,1H3. The minimum atomic E-state index is 0.407. The van der Waals surface area contributed by atoms with Gasteiger partial charge in [-0.2, -0.15) is 0 Å². The van der Waals surface area contributed by atoms with E-state index < -0.39 is 0 Å². The SMILES string of the molecule is CCc1ccccc1Oc1c(Cl)cccc1CN. The monoisotopic (exact) mass is 261 g/mol. The first-order valence-electron chi connectivity index (χ1n) is 5.99. The minimum Gasteiger partial charge on any atom is -0.455 e.